The van der Waals surface area contributed by atoms with Crippen LogP contribution in [0.2, 0.25) is 0 Å². The Hall–Kier alpha value is -2.51. The third-order valence-corrected chi connectivity index (χ3v) is 5.87. The van der Waals surface area contributed by atoms with Crippen molar-refractivity contribution in [1.82, 2.24) is 9.88 Å². The first-order valence-corrected chi connectivity index (χ1v) is 10.2. The van der Waals surface area contributed by atoms with E-state index < -0.39 is 0 Å². The van der Waals surface area contributed by atoms with Gasteiger partial charge in [0, 0.05) is 25.8 Å². The van der Waals surface area contributed by atoms with Crippen molar-refractivity contribution in [2.75, 3.05) is 27.4 Å². The first-order valence-electron chi connectivity index (χ1n) is 9.36. The number of ether oxygens (including phenoxy) is 3. The summed E-state index contributed by atoms with van der Waals surface area (Å²) in [7, 11) is 3.27. The zero-order valence-corrected chi connectivity index (χ0v) is 16.9. The number of nitrogens with one attached hydrogen (secondary N) is 1. The first-order chi connectivity index (χ1) is 13.7. The predicted octanol–water partition coefficient (Wildman–Crippen LogP) is 3.68. The Bertz CT molecular complexity index is 950. The second-order valence-corrected chi connectivity index (χ2v) is 7.80. The topological polar surface area (TPSA) is 61.7 Å². The van der Waals surface area contributed by atoms with Crippen molar-refractivity contribution in [3.05, 3.63) is 47.0 Å². The fourth-order valence-corrected chi connectivity index (χ4v) is 4.40. The van der Waals surface area contributed by atoms with Crippen LogP contribution in [0.3, 0.4) is 0 Å². The fourth-order valence-electron chi connectivity index (χ4n) is 3.58. The van der Waals surface area contributed by atoms with E-state index in [1.165, 1.54) is 0 Å². The molecule has 4 rings (SSSR count). The number of rotatable bonds is 7. The highest BCUT2D eigenvalue weighted by atomic mass is 32.1. The molecule has 148 valence electrons. The highest BCUT2D eigenvalue weighted by Gasteiger charge is 2.20. The van der Waals surface area contributed by atoms with Gasteiger partial charge in [0.15, 0.2) is 0 Å². The Kier molecular flexibility index (Phi) is 5.54. The van der Waals surface area contributed by atoms with E-state index in [0.29, 0.717) is 18.8 Å². The number of hydrogen-bond acceptors (Lipinski definition) is 5. The molecule has 1 aliphatic heterocycles. The van der Waals surface area contributed by atoms with E-state index in [2.05, 4.69) is 5.32 Å². The Balaban J connectivity index is 1.61. The van der Waals surface area contributed by atoms with Crippen LogP contribution in [0.1, 0.15) is 28.9 Å². The van der Waals surface area contributed by atoms with Crippen molar-refractivity contribution in [3.8, 4) is 11.5 Å². The summed E-state index contributed by atoms with van der Waals surface area (Å²) in [5.74, 6) is 1.38. The highest BCUT2D eigenvalue weighted by Crippen LogP contribution is 2.28. The second kappa shape index (κ2) is 8.24. The lowest BCUT2D eigenvalue weighted by Crippen LogP contribution is -2.33. The number of carbonyl (C=O) groups is 1. The highest BCUT2D eigenvalue weighted by molar-refractivity contribution is 7.17. The largest absolute Gasteiger partial charge is 0.497 e. The summed E-state index contributed by atoms with van der Waals surface area (Å²) >= 11 is 1.63. The zero-order chi connectivity index (χ0) is 19.5. The summed E-state index contributed by atoms with van der Waals surface area (Å²) < 4.78 is 19.5. The van der Waals surface area contributed by atoms with E-state index in [0.717, 1.165) is 46.7 Å². The number of carbonyl (C=O) groups excluding carboxylic acids is 1. The number of thiophene rings is 1. The lowest BCUT2D eigenvalue weighted by molar-refractivity contribution is 0.0851. The maximum absolute atomic E-state index is 12.9. The molecule has 0 saturated carbocycles. The van der Waals surface area contributed by atoms with Gasteiger partial charge in [-0.3, -0.25) is 4.79 Å². The molecule has 1 amide bonds. The number of aromatic nitrogens is 1. The van der Waals surface area contributed by atoms with Crippen LogP contribution < -0.4 is 14.8 Å². The molecular weight excluding hydrogens is 376 g/mol. The molecule has 2 aromatic heterocycles. The van der Waals surface area contributed by atoms with Crippen LogP contribution in [0.5, 0.6) is 11.5 Å². The van der Waals surface area contributed by atoms with Gasteiger partial charge in [0.05, 0.1) is 30.5 Å². The number of amides is 1. The lowest BCUT2D eigenvalue weighted by atomic mass is 10.2. The number of nitrogens with zero attached hydrogens (tertiary/aromatic N) is 1. The molecule has 0 radical (unpaired) electrons. The van der Waals surface area contributed by atoms with Crippen LogP contribution in [-0.2, 0) is 11.3 Å². The Morgan fingerprint density at radius 2 is 2.04 bits per heavy atom. The molecule has 0 bridgehead atoms. The van der Waals surface area contributed by atoms with Gasteiger partial charge in [0.25, 0.3) is 5.91 Å². The van der Waals surface area contributed by atoms with Gasteiger partial charge in [-0.1, -0.05) is 0 Å². The molecule has 1 atom stereocenters. The van der Waals surface area contributed by atoms with Crippen LogP contribution in [0, 0.1) is 0 Å². The van der Waals surface area contributed by atoms with Crippen LogP contribution >= 0.6 is 11.3 Å². The molecule has 1 N–H and O–H groups in total. The minimum Gasteiger partial charge on any atom is -0.497 e. The fraction of sp³-hybridized carbons (Fsp3) is 0.381. The van der Waals surface area contributed by atoms with Gasteiger partial charge in [-0.15, -0.1) is 11.3 Å². The number of fused-ring (bicyclic) bond motifs is 1. The molecule has 1 aromatic carbocycles. The number of methoxy groups -OCH3 is 2. The number of hydrogen-bond donors (Lipinski definition) is 1. The molecule has 1 fully saturated rings. The zero-order valence-electron chi connectivity index (χ0n) is 16.1. The summed E-state index contributed by atoms with van der Waals surface area (Å²) in [5.41, 5.74) is 2.71. The molecule has 3 heterocycles. The second-order valence-electron chi connectivity index (χ2n) is 6.85. The molecule has 1 aliphatic rings. The Morgan fingerprint density at radius 3 is 2.71 bits per heavy atom. The van der Waals surface area contributed by atoms with Gasteiger partial charge >= 0.3 is 0 Å². The van der Waals surface area contributed by atoms with E-state index >= 15 is 0 Å². The van der Waals surface area contributed by atoms with Gasteiger partial charge in [0.1, 0.15) is 17.2 Å². The van der Waals surface area contributed by atoms with E-state index in [1.54, 1.807) is 25.6 Å². The van der Waals surface area contributed by atoms with Crippen molar-refractivity contribution in [2.24, 2.45) is 0 Å². The third-order valence-electron chi connectivity index (χ3n) is 5.02. The van der Waals surface area contributed by atoms with Crippen LogP contribution in [0.4, 0.5) is 0 Å². The van der Waals surface area contributed by atoms with E-state index in [-0.39, 0.29) is 12.0 Å². The van der Waals surface area contributed by atoms with Crippen LogP contribution in [0.25, 0.3) is 10.2 Å². The molecule has 6 nitrogen and oxygen atoms in total. The summed E-state index contributed by atoms with van der Waals surface area (Å²) in [4.78, 5) is 12.9. The average molecular weight is 401 g/mol. The smallest absolute Gasteiger partial charge is 0.268 e. The molecule has 0 spiro atoms. The van der Waals surface area contributed by atoms with Gasteiger partial charge in [-0.2, -0.15) is 0 Å². The Morgan fingerprint density at radius 1 is 1.25 bits per heavy atom. The summed E-state index contributed by atoms with van der Waals surface area (Å²) in [5, 5.41) is 5.08. The molecular formula is C21H24N2O4S. The minimum absolute atomic E-state index is 0.0752. The maximum atomic E-state index is 12.9. The SMILES string of the molecule is COc1cc(Cn2c(C(=O)NCC3CCCO3)cc3sccc32)cc(OC)c1. The summed E-state index contributed by atoms with van der Waals surface area (Å²) in [6.07, 6.45) is 2.18. The summed E-state index contributed by atoms with van der Waals surface area (Å²) in [6, 6.07) is 9.79. The normalized spacial score (nSPS) is 16.4. The molecule has 28 heavy (non-hydrogen) atoms. The van der Waals surface area contributed by atoms with Crippen molar-refractivity contribution in [3.63, 3.8) is 0 Å². The third kappa shape index (κ3) is 3.86. The van der Waals surface area contributed by atoms with Crippen molar-refractivity contribution in [1.29, 1.82) is 0 Å². The predicted molar refractivity (Wildman–Crippen MR) is 110 cm³/mol. The quantitative estimate of drug-likeness (QED) is 0.657. The van der Waals surface area contributed by atoms with Gasteiger partial charge < -0.3 is 24.1 Å². The average Bonchev–Trinajstić information content (AvgIpc) is 3.45. The van der Waals surface area contributed by atoms with Crippen molar-refractivity contribution in [2.45, 2.75) is 25.5 Å². The van der Waals surface area contributed by atoms with E-state index in [4.69, 9.17) is 14.2 Å². The van der Waals surface area contributed by atoms with E-state index in [9.17, 15) is 4.79 Å². The minimum atomic E-state index is -0.0752. The standard InChI is InChI=1S/C21H24N2O4S/c1-25-16-8-14(9-17(10-16)26-2)13-23-18-5-7-28-20(18)11-19(23)21(24)22-12-15-4-3-6-27-15/h5,7-11,15H,3-4,6,12-13H2,1-2H3,(H,22,24). The van der Waals surface area contributed by atoms with Gasteiger partial charge in [0.2, 0.25) is 0 Å². The molecule has 7 heteroatoms. The molecule has 1 saturated heterocycles. The van der Waals surface area contributed by atoms with Crippen LogP contribution in [0.15, 0.2) is 35.7 Å². The lowest BCUT2D eigenvalue weighted by Gasteiger charge is -2.14. The van der Waals surface area contributed by atoms with Crippen molar-refractivity contribution >= 4 is 27.5 Å². The van der Waals surface area contributed by atoms with Gasteiger partial charge in [-0.25, -0.2) is 0 Å². The molecule has 3 aromatic rings. The van der Waals surface area contributed by atoms with Crippen molar-refractivity contribution < 1.29 is 19.0 Å². The van der Waals surface area contributed by atoms with Gasteiger partial charge in [-0.05, 0) is 48.1 Å². The number of benzene rings is 1. The molecule has 1 unspecified atom stereocenters. The van der Waals surface area contributed by atoms with Crippen LogP contribution in [-0.4, -0.2) is 43.9 Å². The maximum Gasteiger partial charge on any atom is 0.268 e. The monoisotopic (exact) mass is 400 g/mol. The first kappa shape index (κ1) is 18.8. The molecule has 0 aliphatic carbocycles. The van der Waals surface area contributed by atoms with E-state index in [1.807, 2.05) is 40.3 Å². The Labute approximate surface area is 168 Å². The summed E-state index contributed by atoms with van der Waals surface area (Å²) in [6.45, 7) is 1.88.